The van der Waals surface area contributed by atoms with Crippen LogP contribution in [0.1, 0.15) is 27.1 Å². The van der Waals surface area contributed by atoms with E-state index >= 15 is 0 Å². The lowest BCUT2D eigenvalue weighted by molar-refractivity contribution is -0.873. The third-order valence-corrected chi connectivity index (χ3v) is 5.29. The molecule has 2 rings (SSSR count). The molecule has 0 aromatic heterocycles. The molecule has 0 amide bonds. The van der Waals surface area contributed by atoms with Crippen LogP contribution in [0.5, 0.6) is 0 Å². The molecule has 0 radical (unpaired) electrons. The summed E-state index contributed by atoms with van der Waals surface area (Å²) in [5, 5.41) is 41.9. The van der Waals surface area contributed by atoms with Crippen LogP contribution in [0.25, 0.3) is 0 Å². The number of quaternary nitrogens is 1. The molecule has 0 saturated carbocycles. The van der Waals surface area contributed by atoms with Crippen LogP contribution in [-0.4, -0.2) is 99.4 Å². The molecule has 11 nitrogen and oxygen atoms in total. The zero-order valence-electron chi connectivity index (χ0n) is 20.0. The Labute approximate surface area is 206 Å². The molecule has 0 spiro atoms. The third kappa shape index (κ3) is 5.82. The fraction of sp³-hybridized carbons (Fsp3) is 0.320. The Hall–Kier alpha value is -3.93. The molecule has 0 aliphatic heterocycles. The molecule has 0 fully saturated rings. The number of hydrogen-bond acceptors (Lipinski definition) is 8. The number of aliphatic carboxylic acids is 2. The number of aliphatic hydroxyl groups is 2. The van der Waals surface area contributed by atoms with Crippen molar-refractivity contribution in [3.05, 3.63) is 71.8 Å². The molecule has 0 aliphatic carbocycles. The minimum absolute atomic E-state index is 0.0857. The van der Waals surface area contributed by atoms with E-state index in [-0.39, 0.29) is 11.0 Å². The van der Waals surface area contributed by atoms with E-state index in [2.05, 4.69) is 0 Å². The molecule has 4 N–H and O–H groups in total. The molecule has 0 bridgehead atoms. The highest BCUT2D eigenvalue weighted by molar-refractivity contribution is 6.28. The van der Waals surface area contributed by atoms with Gasteiger partial charge < -0.3 is 29.6 Å². The second-order valence-electron chi connectivity index (χ2n) is 9.21. The van der Waals surface area contributed by atoms with Gasteiger partial charge in [0, 0.05) is 11.1 Å². The average molecular weight is 502 g/mol. The number of benzene rings is 2. The molecule has 0 aliphatic rings. The lowest BCUT2D eigenvalue weighted by Gasteiger charge is -2.37. The van der Waals surface area contributed by atoms with Crippen LogP contribution in [0.15, 0.2) is 60.7 Å². The number of rotatable bonds is 12. The fourth-order valence-electron chi connectivity index (χ4n) is 3.60. The van der Waals surface area contributed by atoms with Gasteiger partial charge in [0.1, 0.15) is 6.54 Å². The molecule has 3 atom stereocenters. The highest BCUT2D eigenvalue weighted by atomic mass is 16.6. The minimum atomic E-state index is -4.03. The van der Waals surface area contributed by atoms with Crippen molar-refractivity contribution >= 4 is 29.5 Å². The van der Waals surface area contributed by atoms with Gasteiger partial charge in [0.25, 0.3) is 11.2 Å². The van der Waals surface area contributed by atoms with Gasteiger partial charge in [-0.25, -0.2) is 9.59 Å². The van der Waals surface area contributed by atoms with Crippen LogP contribution in [-0.2, 0) is 19.1 Å². The van der Waals surface area contributed by atoms with Gasteiger partial charge in [0.05, 0.1) is 27.6 Å². The van der Waals surface area contributed by atoms with E-state index in [4.69, 9.17) is 4.74 Å². The molecule has 3 unspecified atom stereocenters. The van der Waals surface area contributed by atoms with Crippen LogP contribution in [0.2, 0.25) is 0 Å². The van der Waals surface area contributed by atoms with E-state index < -0.39 is 64.3 Å². The first-order valence-corrected chi connectivity index (χ1v) is 10.8. The van der Waals surface area contributed by atoms with Gasteiger partial charge in [-0.1, -0.05) is 60.7 Å². The van der Waals surface area contributed by atoms with Gasteiger partial charge in [0.2, 0.25) is 11.6 Å². The Bertz CT molecular complexity index is 1140. The first kappa shape index (κ1) is 28.3. The lowest BCUT2D eigenvalue weighted by Crippen LogP contribution is -2.72. The SMILES string of the molecule is C[N+](C)(C)CC(CC(=O)O)OC(=O)C(O)(C(=O)c1ccccc1)C(O)(C(=O)O)C(=O)c1ccccc1. The zero-order chi connectivity index (χ0) is 27.3. The Kier molecular flexibility index (Phi) is 8.47. The molecule has 0 saturated heterocycles. The van der Waals surface area contributed by atoms with Crippen molar-refractivity contribution in [1.29, 1.82) is 0 Å². The predicted molar refractivity (Wildman–Crippen MR) is 124 cm³/mol. The number of carbonyl (C=O) groups excluding carboxylic acids is 3. The Morgan fingerprint density at radius 1 is 0.778 bits per heavy atom. The fourth-order valence-corrected chi connectivity index (χ4v) is 3.60. The normalized spacial score (nSPS) is 15.6. The van der Waals surface area contributed by atoms with E-state index in [0.29, 0.717) is 0 Å². The Morgan fingerprint density at radius 2 is 1.19 bits per heavy atom. The number of carboxylic acid groups (broad SMARTS) is 2. The summed E-state index contributed by atoms with van der Waals surface area (Å²) in [6.07, 6.45) is -2.20. The molecule has 2 aromatic rings. The van der Waals surface area contributed by atoms with Crippen LogP contribution in [0, 0.1) is 0 Å². The largest absolute Gasteiger partial charge is 0.481 e. The van der Waals surface area contributed by atoms with Gasteiger partial charge in [-0.05, 0) is 0 Å². The first-order chi connectivity index (χ1) is 16.6. The van der Waals surface area contributed by atoms with Crippen molar-refractivity contribution in [1.82, 2.24) is 0 Å². The summed E-state index contributed by atoms with van der Waals surface area (Å²) in [7, 11) is 4.95. The maximum absolute atomic E-state index is 13.4. The summed E-state index contributed by atoms with van der Waals surface area (Å²) in [6, 6.07) is 12.9. The number of carboxylic acids is 2. The van der Waals surface area contributed by atoms with Gasteiger partial charge in [-0.2, -0.15) is 0 Å². The number of nitrogens with zero attached hydrogens (tertiary/aromatic N) is 1. The average Bonchev–Trinajstić information content (AvgIpc) is 2.81. The summed E-state index contributed by atoms with van der Waals surface area (Å²) in [5.41, 5.74) is -8.82. The summed E-state index contributed by atoms with van der Waals surface area (Å²) in [6.45, 7) is -0.119. The molecular formula is C25H28NO10+. The van der Waals surface area contributed by atoms with Gasteiger partial charge in [-0.3, -0.25) is 14.4 Å². The monoisotopic (exact) mass is 502 g/mol. The maximum Gasteiger partial charge on any atom is 0.351 e. The number of hydrogen-bond donors (Lipinski definition) is 4. The second-order valence-corrected chi connectivity index (χ2v) is 9.21. The van der Waals surface area contributed by atoms with Crippen molar-refractivity contribution in [3.8, 4) is 0 Å². The maximum atomic E-state index is 13.4. The quantitative estimate of drug-likeness (QED) is 0.137. The highest BCUT2D eigenvalue weighted by Gasteiger charge is 2.70. The number of carbonyl (C=O) groups is 5. The number of esters is 1. The number of ether oxygens (including phenoxy) is 1. The molecule has 0 heterocycles. The van der Waals surface area contributed by atoms with Crippen molar-refractivity contribution < 1.29 is 53.6 Å². The van der Waals surface area contributed by atoms with Crippen molar-refractivity contribution in [2.45, 2.75) is 23.7 Å². The van der Waals surface area contributed by atoms with Crippen molar-refractivity contribution in [3.63, 3.8) is 0 Å². The van der Waals surface area contributed by atoms with Crippen LogP contribution < -0.4 is 0 Å². The Balaban J connectivity index is 2.72. The van der Waals surface area contributed by atoms with E-state index in [1.54, 1.807) is 21.1 Å². The van der Waals surface area contributed by atoms with Crippen molar-refractivity contribution in [2.24, 2.45) is 0 Å². The third-order valence-electron chi connectivity index (χ3n) is 5.29. The van der Waals surface area contributed by atoms with E-state index in [9.17, 15) is 44.4 Å². The van der Waals surface area contributed by atoms with E-state index in [0.717, 1.165) is 24.3 Å². The summed E-state index contributed by atoms with van der Waals surface area (Å²) in [5.74, 6) is -9.03. The Morgan fingerprint density at radius 3 is 1.56 bits per heavy atom. The predicted octanol–water partition coefficient (Wildman–Crippen LogP) is 0.392. The highest BCUT2D eigenvalue weighted by Crippen LogP contribution is 2.33. The zero-order valence-corrected chi connectivity index (χ0v) is 20.0. The summed E-state index contributed by atoms with van der Waals surface area (Å²) in [4.78, 5) is 63.7. The number of ketones is 2. The summed E-state index contributed by atoms with van der Waals surface area (Å²) >= 11 is 0. The van der Waals surface area contributed by atoms with Crippen molar-refractivity contribution in [2.75, 3.05) is 27.7 Å². The second kappa shape index (κ2) is 10.8. The standard InChI is InChI=1S/C25H27NO10/c1-26(2,3)15-18(14-19(27)28)36-23(33)25(35,21(30)17-12-8-5-9-13-17)24(34,22(31)32)20(29)16-10-6-4-7-11-16/h4-13,18,34-35H,14-15H2,1-3H3,(H-,27,28,31,32)/p+1. The molecular weight excluding hydrogens is 474 g/mol. The lowest BCUT2D eigenvalue weighted by atomic mass is 9.73. The van der Waals surface area contributed by atoms with E-state index in [1.165, 1.54) is 36.4 Å². The summed E-state index contributed by atoms with van der Waals surface area (Å²) < 4.78 is 5.23. The van der Waals surface area contributed by atoms with E-state index in [1.807, 2.05) is 0 Å². The minimum Gasteiger partial charge on any atom is -0.481 e. The van der Waals surface area contributed by atoms with Crippen LogP contribution in [0.3, 0.4) is 0 Å². The van der Waals surface area contributed by atoms with Gasteiger partial charge in [-0.15, -0.1) is 0 Å². The van der Waals surface area contributed by atoms with Gasteiger partial charge >= 0.3 is 17.9 Å². The molecule has 11 heteroatoms. The first-order valence-electron chi connectivity index (χ1n) is 10.8. The van der Waals surface area contributed by atoms with Crippen LogP contribution >= 0.6 is 0 Å². The molecule has 192 valence electrons. The molecule has 36 heavy (non-hydrogen) atoms. The molecule has 2 aromatic carbocycles. The number of Topliss-reactive ketones (excluding diaryl/α,β-unsaturated/α-hetero) is 2. The van der Waals surface area contributed by atoms with Gasteiger partial charge in [0.15, 0.2) is 6.10 Å². The smallest absolute Gasteiger partial charge is 0.351 e. The van der Waals surface area contributed by atoms with Crippen LogP contribution in [0.4, 0.5) is 0 Å². The topological polar surface area (TPSA) is 176 Å². The number of likely N-dealkylation sites (N-methyl/N-ethyl adjacent to an activating group) is 1.